The quantitative estimate of drug-likeness (QED) is 0.434. The minimum Gasteiger partial charge on any atom is -0.457 e. The van der Waals surface area contributed by atoms with Crippen molar-refractivity contribution in [1.82, 2.24) is 4.98 Å². The lowest BCUT2D eigenvalue weighted by atomic mass is 10.3. The number of hydrogen-bond acceptors (Lipinski definition) is 4. The first-order valence-electron chi connectivity index (χ1n) is 8.64. The maximum atomic E-state index is 6.03. The summed E-state index contributed by atoms with van der Waals surface area (Å²) in [5.74, 6) is 2.98. The SMILES string of the molecule is c1ccc(Nc2cnccc2Oc2ccc(Oc3ccccc3)cc2)cc1. The van der Waals surface area contributed by atoms with Crippen molar-refractivity contribution in [3.63, 3.8) is 0 Å². The molecule has 0 spiro atoms. The number of aromatic nitrogens is 1. The van der Waals surface area contributed by atoms with E-state index in [0.717, 1.165) is 28.6 Å². The molecule has 4 nitrogen and oxygen atoms in total. The molecule has 1 heterocycles. The van der Waals surface area contributed by atoms with Crippen molar-refractivity contribution < 1.29 is 9.47 Å². The molecule has 0 bridgehead atoms. The summed E-state index contributed by atoms with van der Waals surface area (Å²) in [5.41, 5.74) is 1.77. The zero-order valence-corrected chi connectivity index (χ0v) is 14.6. The molecule has 0 radical (unpaired) electrons. The van der Waals surface area contributed by atoms with E-state index in [2.05, 4.69) is 10.3 Å². The fraction of sp³-hybridized carbons (Fsp3) is 0. The number of benzene rings is 3. The Bertz CT molecular complexity index is 988. The minimum atomic E-state index is 0.700. The summed E-state index contributed by atoms with van der Waals surface area (Å²) in [5, 5.41) is 3.32. The Morgan fingerprint density at radius 2 is 1.19 bits per heavy atom. The number of nitrogens with one attached hydrogen (secondary N) is 1. The van der Waals surface area contributed by atoms with Crippen LogP contribution < -0.4 is 14.8 Å². The van der Waals surface area contributed by atoms with Crippen LogP contribution in [0.4, 0.5) is 11.4 Å². The number of hydrogen-bond donors (Lipinski definition) is 1. The lowest BCUT2D eigenvalue weighted by molar-refractivity contribution is 0.470. The molecule has 3 aromatic carbocycles. The number of pyridine rings is 1. The molecule has 4 aromatic rings. The van der Waals surface area contributed by atoms with Gasteiger partial charge in [0, 0.05) is 18.0 Å². The Morgan fingerprint density at radius 3 is 1.89 bits per heavy atom. The normalized spacial score (nSPS) is 10.2. The molecule has 0 amide bonds. The van der Waals surface area contributed by atoms with Gasteiger partial charge < -0.3 is 14.8 Å². The zero-order valence-electron chi connectivity index (χ0n) is 14.6. The molecule has 27 heavy (non-hydrogen) atoms. The van der Waals surface area contributed by atoms with Crippen molar-refractivity contribution in [3.05, 3.63) is 103 Å². The first-order chi connectivity index (χ1) is 13.4. The van der Waals surface area contributed by atoms with Crippen LogP contribution >= 0.6 is 0 Å². The first kappa shape index (κ1) is 16.7. The van der Waals surface area contributed by atoms with Crippen LogP contribution in [-0.2, 0) is 0 Å². The van der Waals surface area contributed by atoms with Crippen LogP contribution in [0.25, 0.3) is 0 Å². The average molecular weight is 354 g/mol. The van der Waals surface area contributed by atoms with E-state index in [1.807, 2.05) is 91.0 Å². The molecular weight excluding hydrogens is 336 g/mol. The largest absolute Gasteiger partial charge is 0.457 e. The molecule has 4 rings (SSSR count). The molecule has 132 valence electrons. The highest BCUT2D eigenvalue weighted by Gasteiger charge is 2.06. The topological polar surface area (TPSA) is 43.4 Å². The second-order valence-corrected chi connectivity index (χ2v) is 5.85. The Morgan fingerprint density at radius 1 is 0.593 bits per heavy atom. The van der Waals surface area contributed by atoms with Crippen LogP contribution in [0.5, 0.6) is 23.0 Å². The van der Waals surface area contributed by atoms with E-state index in [0.29, 0.717) is 5.75 Å². The highest BCUT2D eigenvalue weighted by molar-refractivity contribution is 5.65. The van der Waals surface area contributed by atoms with Gasteiger partial charge in [-0.15, -0.1) is 0 Å². The fourth-order valence-corrected chi connectivity index (χ4v) is 2.57. The highest BCUT2D eigenvalue weighted by atomic mass is 16.5. The van der Waals surface area contributed by atoms with Gasteiger partial charge >= 0.3 is 0 Å². The summed E-state index contributed by atoms with van der Waals surface area (Å²) in [6, 6.07) is 29.0. The van der Waals surface area contributed by atoms with Gasteiger partial charge in [0.05, 0.1) is 6.20 Å². The molecule has 0 atom stereocenters. The van der Waals surface area contributed by atoms with Gasteiger partial charge in [-0.2, -0.15) is 0 Å². The van der Waals surface area contributed by atoms with Gasteiger partial charge in [-0.05, 0) is 48.5 Å². The summed E-state index contributed by atoms with van der Waals surface area (Å²) >= 11 is 0. The fourth-order valence-electron chi connectivity index (χ4n) is 2.57. The van der Waals surface area contributed by atoms with E-state index >= 15 is 0 Å². The second-order valence-electron chi connectivity index (χ2n) is 5.85. The molecule has 0 unspecified atom stereocenters. The zero-order chi connectivity index (χ0) is 18.3. The molecule has 0 saturated heterocycles. The van der Waals surface area contributed by atoms with E-state index in [4.69, 9.17) is 9.47 Å². The first-order valence-corrected chi connectivity index (χ1v) is 8.64. The van der Waals surface area contributed by atoms with Gasteiger partial charge in [0.15, 0.2) is 5.75 Å². The third kappa shape index (κ3) is 4.44. The van der Waals surface area contributed by atoms with Crippen LogP contribution in [-0.4, -0.2) is 4.98 Å². The Balaban J connectivity index is 1.48. The lowest BCUT2D eigenvalue weighted by Crippen LogP contribution is -1.95. The molecule has 1 aromatic heterocycles. The van der Waals surface area contributed by atoms with Crippen LogP contribution in [0.1, 0.15) is 0 Å². The van der Waals surface area contributed by atoms with Gasteiger partial charge in [0.1, 0.15) is 22.9 Å². The predicted octanol–water partition coefficient (Wildman–Crippen LogP) is 6.41. The molecule has 0 saturated carbocycles. The maximum absolute atomic E-state index is 6.03. The molecule has 1 N–H and O–H groups in total. The average Bonchev–Trinajstić information content (AvgIpc) is 2.72. The number of anilines is 2. The number of para-hydroxylation sites is 2. The molecular formula is C23H18N2O2. The van der Waals surface area contributed by atoms with Crippen molar-refractivity contribution in [3.8, 4) is 23.0 Å². The van der Waals surface area contributed by atoms with Gasteiger partial charge in [-0.25, -0.2) is 0 Å². The summed E-state index contributed by atoms with van der Waals surface area (Å²) in [7, 11) is 0. The van der Waals surface area contributed by atoms with E-state index in [-0.39, 0.29) is 0 Å². The van der Waals surface area contributed by atoms with Crippen molar-refractivity contribution in [2.75, 3.05) is 5.32 Å². The van der Waals surface area contributed by atoms with Crippen molar-refractivity contribution in [1.29, 1.82) is 0 Å². The van der Waals surface area contributed by atoms with Crippen LogP contribution in [0, 0.1) is 0 Å². The van der Waals surface area contributed by atoms with Gasteiger partial charge in [0.25, 0.3) is 0 Å². The molecule has 0 aliphatic rings. The van der Waals surface area contributed by atoms with Crippen LogP contribution in [0.2, 0.25) is 0 Å². The standard InChI is InChI=1S/C23H18N2O2/c1-3-7-18(8-4-1)25-22-17-24-16-15-23(22)27-21-13-11-20(12-14-21)26-19-9-5-2-6-10-19/h1-17,25H. The molecule has 4 heteroatoms. The summed E-state index contributed by atoms with van der Waals surface area (Å²) in [6.45, 7) is 0. The Kier molecular flexibility index (Phi) is 4.97. The van der Waals surface area contributed by atoms with Crippen molar-refractivity contribution >= 4 is 11.4 Å². The van der Waals surface area contributed by atoms with E-state index in [9.17, 15) is 0 Å². The number of rotatable bonds is 6. The van der Waals surface area contributed by atoms with E-state index < -0.39 is 0 Å². The minimum absolute atomic E-state index is 0.700. The second kappa shape index (κ2) is 8.06. The lowest BCUT2D eigenvalue weighted by Gasteiger charge is -2.13. The molecule has 0 aliphatic heterocycles. The van der Waals surface area contributed by atoms with Gasteiger partial charge in [-0.1, -0.05) is 36.4 Å². The third-order valence-electron chi connectivity index (χ3n) is 3.86. The highest BCUT2D eigenvalue weighted by Crippen LogP contribution is 2.32. The van der Waals surface area contributed by atoms with E-state index in [1.165, 1.54) is 0 Å². The monoisotopic (exact) mass is 354 g/mol. The molecule has 0 aliphatic carbocycles. The van der Waals surface area contributed by atoms with Crippen molar-refractivity contribution in [2.45, 2.75) is 0 Å². The third-order valence-corrected chi connectivity index (χ3v) is 3.86. The summed E-state index contributed by atoms with van der Waals surface area (Å²) < 4.78 is 11.8. The van der Waals surface area contributed by atoms with Crippen LogP contribution in [0.3, 0.4) is 0 Å². The van der Waals surface area contributed by atoms with Gasteiger partial charge in [-0.3, -0.25) is 4.98 Å². The number of nitrogens with zero attached hydrogens (tertiary/aromatic N) is 1. The maximum Gasteiger partial charge on any atom is 0.153 e. The predicted molar refractivity (Wildman–Crippen MR) is 107 cm³/mol. The Hall–Kier alpha value is -3.79. The Labute approximate surface area is 158 Å². The van der Waals surface area contributed by atoms with Gasteiger partial charge in [0.2, 0.25) is 0 Å². The summed E-state index contributed by atoms with van der Waals surface area (Å²) in [6.07, 6.45) is 3.45. The van der Waals surface area contributed by atoms with E-state index in [1.54, 1.807) is 12.4 Å². The van der Waals surface area contributed by atoms with Crippen LogP contribution in [0.15, 0.2) is 103 Å². The molecule has 0 fully saturated rings. The smallest absolute Gasteiger partial charge is 0.153 e. The van der Waals surface area contributed by atoms with Crippen molar-refractivity contribution in [2.24, 2.45) is 0 Å². The number of ether oxygens (including phenoxy) is 2. The summed E-state index contributed by atoms with van der Waals surface area (Å²) in [4.78, 5) is 4.18.